The van der Waals surface area contributed by atoms with Gasteiger partial charge in [0.2, 0.25) is 11.1 Å². The Morgan fingerprint density at radius 1 is 1.32 bits per heavy atom. The van der Waals surface area contributed by atoms with Crippen LogP contribution in [0.15, 0.2) is 17.3 Å². The van der Waals surface area contributed by atoms with Crippen LogP contribution in [0.25, 0.3) is 0 Å². The molecule has 1 amide bonds. The van der Waals surface area contributed by atoms with E-state index in [2.05, 4.69) is 15.5 Å². The van der Waals surface area contributed by atoms with Crippen molar-refractivity contribution in [3.8, 4) is 0 Å². The zero-order valence-corrected chi connectivity index (χ0v) is 12.4. The number of anilines is 1. The van der Waals surface area contributed by atoms with Gasteiger partial charge in [0, 0.05) is 0 Å². The first kappa shape index (κ1) is 16.1. The fraction of sp³-hybridized carbons (Fsp3) is 0.250. The zero-order chi connectivity index (χ0) is 16.4. The minimum absolute atomic E-state index is 0.297. The molecular formula is C12H12F3N5OS. The molecule has 1 unspecified atom stereocenters. The van der Waals surface area contributed by atoms with Gasteiger partial charge in [0.05, 0.1) is 10.9 Å². The summed E-state index contributed by atoms with van der Waals surface area (Å²) in [6.45, 7) is 3.17. The summed E-state index contributed by atoms with van der Waals surface area (Å²) in [5, 5.41) is 9.28. The van der Waals surface area contributed by atoms with E-state index < -0.39 is 34.3 Å². The van der Waals surface area contributed by atoms with E-state index in [0.717, 1.165) is 23.9 Å². The van der Waals surface area contributed by atoms with Crippen LogP contribution >= 0.6 is 11.8 Å². The molecule has 1 aromatic heterocycles. The van der Waals surface area contributed by atoms with Crippen molar-refractivity contribution in [2.45, 2.75) is 24.3 Å². The first-order valence-corrected chi connectivity index (χ1v) is 6.97. The van der Waals surface area contributed by atoms with E-state index in [1.807, 2.05) is 0 Å². The summed E-state index contributed by atoms with van der Waals surface area (Å²) in [7, 11) is 0. The number of carbonyl (C=O) groups excluding carboxylic acids is 1. The minimum atomic E-state index is -1.64. The van der Waals surface area contributed by atoms with Crippen molar-refractivity contribution in [3.05, 3.63) is 35.4 Å². The number of aryl methyl sites for hydroxylation is 1. The molecule has 0 fully saturated rings. The molecule has 1 heterocycles. The summed E-state index contributed by atoms with van der Waals surface area (Å²) in [6.07, 6.45) is 0. The minimum Gasteiger partial charge on any atom is -0.336 e. The molecule has 0 spiro atoms. The van der Waals surface area contributed by atoms with E-state index in [1.54, 1.807) is 6.92 Å². The molecule has 0 saturated carbocycles. The van der Waals surface area contributed by atoms with Crippen molar-refractivity contribution in [1.82, 2.24) is 14.9 Å². The van der Waals surface area contributed by atoms with Gasteiger partial charge in [-0.1, -0.05) is 11.8 Å². The van der Waals surface area contributed by atoms with Crippen molar-refractivity contribution in [2.24, 2.45) is 0 Å². The van der Waals surface area contributed by atoms with Crippen LogP contribution in [0.2, 0.25) is 0 Å². The van der Waals surface area contributed by atoms with Gasteiger partial charge in [-0.25, -0.2) is 17.8 Å². The van der Waals surface area contributed by atoms with Gasteiger partial charge < -0.3 is 11.2 Å². The van der Waals surface area contributed by atoms with Gasteiger partial charge in [-0.15, -0.1) is 10.2 Å². The van der Waals surface area contributed by atoms with E-state index >= 15 is 0 Å². The highest BCUT2D eigenvalue weighted by molar-refractivity contribution is 8.00. The Kier molecular flexibility index (Phi) is 4.59. The predicted octanol–water partition coefficient (Wildman–Crippen LogP) is 1.84. The SMILES string of the molecule is Cc1nnc(SC(C)C(=O)Nc2ccc(F)c(F)c2F)n1N. The predicted molar refractivity (Wildman–Crippen MR) is 75.2 cm³/mol. The third-order valence-corrected chi connectivity index (χ3v) is 3.84. The molecule has 0 saturated heterocycles. The molecule has 118 valence electrons. The van der Waals surface area contributed by atoms with Gasteiger partial charge in [0.15, 0.2) is 17.5 Å². The third-order valence-electron chi connectivity index (χ3n) is 2.78. The van der Waals surface area contributed by atoms with Crippen LogP contribution in [0.1, 0.15) is 12.7 Å². The zero-order valence-electron chi connectivity index (χ0n) is 11.6. The fourth-order valence-electron chi connectivity index (χ4n) is 1.50. The highest BCUT2D eigenvalue weighted by Gasteiger charge is 2.21. The largest absolute Gasteiger partial charge is 0.336 e. The number of hydrogen-bond donors (Lipinski definition) is 2. The standard InChI is InChI=1S/C12H12F3N5OS/c1-5(22-12-19-18-6(2)20(12)16)11(21)17-8-4-3-7(13)9(14)10(8)15/h3-5H,16H2,1-2H3,(H,17,21). The third kappa shape index (κ3) is 3.16. The van der Waals surface area contributed by atoms with Crippen LogP contribution < -0.4 is 11.2 Å². The molecule has 10 heteroatoms. The molecule has 0 aliphatic heterocycles. The lowest BCUT2D eigenvalue weighted by Crippen LogP contribution is -2.24. The van der Waals surface area contributed by atoms with Crippen LogP contribution in [-0.4, -0.2) is 26.0 Å². The Bertz CT molecular complexity index is 721. The van der Waals surface area contributed by atoms with Gasteiger partial charge in [-0.05, 0) is 26.0 Å². The Morgan fingerprint density at radius 2 is 2.00 bits per heavy atom. The lowest BCUT2D eigenvalue weighted by atomic mass is 10.2. The van der Waals surface area contributed by atoms with Crippen molar-refractivity contribution < 1.29 is 18.0 Å². The van der Waals surface area contributed by atoms with E-state index in [4.69, 9.17) is 5.84 Å². The fourth-order valence-corrected chi connectivity index (χ4v) is 2.31. The van der Waals surface area contributed by atoms with Crippen molar-refractivity contribution >= 4 is 23.4 Å². The first-order chi connectivity index (χ1) is 10.3. The number of hydrogen-bond acceptors (Lipinski definition) is 5. The number of rotatable bonds is 4. The number of aromatic nitrogens is 3. The Labute approximate surface area is 127 Å². The molecule has 0 aliphatic rings. The maximum absolute atomic E-state index is 13.5. The summed E-state index contributed by atoms with van der Waals surface area (Å²) in [5.41, 5.74) is -0.443. The number of nitrogens with one attached hydrogen (secondary N) is 1. The summed E-state index contributed by atoms with van der Waals surface area (Å²) in [6, 6.07) is 1.67. The molecule has 0 radical (unpaired) electrons. The molecule has 1 atom stereocenters. The maximum Gasteiger partial charge on any atom is 0.237 e. The van der Waals surface area contributed by atoms with Gasteiger partial charge in [-0.2, -0.15) is 0 Å². The van der Waals surface area contributed by atoms with E-state index in [0.29, 0.717) is 11.0 Å². The van der Waals surface area contributed by atoms with Gasteiger partial charge in [-0.3, -0.25) is 4.79 Å². The highest BCUT2D eigenvalue weighted by Crippen LogP contribution is 2.24. The Morgan fingerprint density at radius 3 is 2.59 bits per heavy atom. The molecule has 2 rings (SSSR count). The van der Waals surface area contributed by atoms with Crippen LogP contribution in [0, 0.1) is 24.4 Å². The molecule has 22 heavy (non-hydrogen) atoms. The number of nitrogens with zero attached hydrogens (tertiary/aromatic N) is 3. The number of carbonyl (C=O) groups is 1. The number of benzene rings is 1. The van der Waals surface area contributed by atoms with Crippen LogP contribution in [0.3, 0.4) is 0 Å². The number of halogens is 3. The molecule has 2 aromatic rings. The van der Waals surface area contributed by atoms with Crippen LogP contribution in [0.4, 0.5) is 18.9 Å². The monoisotopic (exact) mass is 331 g/mol. The first-order valence-electron chi connectivity index (χ1n) is 6.09. The molecule has 1 aromatic carbocycles. The smallest absolute Gasteiger partial charge is 0.237 e. The maximum atomic E-state index is 13.5. The molecule has 3 N–H and O–H groups in total. The Balaban J connectivity index is 2.09. The normalized spacial score (nSPS) is 12.2. The molecule has 6 nitrogen and oxygen atoms in total. The second kappa shape index (κ2) is 6.26. The van der Waals surface area contributed by atoms with E-state index in [1.165, 1.54) is 11.6 Å². The Hall–Kier alpha value is -2.23. The number of thioether (sulfide) groups is 1. The average Bonchev–Trinajstić information content (AvgIpc) is 2.79. The van der Waals surface area contributed by atoms with E-state index in [-0.39, 0.29) is 0 Å². The van der Waals surface area contributed by atoms with Gasteiger partial charge in [0.25, 0.3) is 0 Å². The second-order valence-electron chi connectivity index (χ2n) is 4.37. The summed E-state index contributed by atoms with van der Waals surface area (Å²) in [4.78, 5) is 12.0. The van der Waals surface area contributed by atoms with Crippen molar-refractivity contribution in [2.75, 3.05) is 11.2 Å². The molecular weight excluding hydrogens is 319 g/mol. The van der Waals surface area contributed by atoms with Crippen LogP contribution in [0.5, 0.6) is 0 Å². The second-order valence-corrected chi connectivity index (χ2v) is 5.68. The van der Waals surface area contributed by atoms with Crippen LogP contribution in [-0.2, 0) is 4.79 Å². The number of amides is 1. The van der Waals surface area contributed by atoms with Crippen molar-refractivity contribution in [3.63, 3.8) is 0 Å². The number of nitrogens with two attached hydrogens (primary N) is 1. The average molecular weight is 331 g/mol. The molecule has 0 aliphatic carbocycles. The lowest BCUT2D eigenvalue weighted by molar-refractivity contribution is -0.115. The van der Waals surface area contributed by atoms with Gasteiger partial charge >= 0.3 is 0 Å². The van der Waals surface area contributed by atoms with Crippen molar-refractivity contribution in [1.29, 1.82) is 0 Å². The summed E-state index contributed by atoms with van der Waals surface area (Å²) >= 11 is 0.994. The quantitative estimate of drug-likeness (QED) is 0.507. The van der Waals surface area contributed by atoms with E-state index in [9.17, 15) is 18.0 Å². The highest BCUT2D eigenvalue weighted by atomic mass is 32.2. The molecule has 0 bridgehead atoms. The summed E-state index contributed by atoms with van der Waals surface area (Å²) < 4.78 is 40.6. The topological polar surface area (TPSA) is 85.8 Å². The summed E-state index contributed by atoms with van der Waals surface area (Å²) in [5.74, 6) is 1.07. The number of nitrogen functional groups attached to an aromatic ring is 1. The van der Waals surface area contributed by atoms with Gasteiger partial charge in [0.1, 0.15) is 5.82 Å². The lowest BCUT2D eigenvalue weighted by Gasteiger charge is -2.12.